The number of carbonyl (C=O) groups is 2. The zero-order chi connectivity index (χ0) is 23.9. The second-order valence-electron chi connectivity index (χ2n) is 9.22. The van der Waals surface area contributed by atoms with Gasteiger partial charge in [0.25, 0.3) is 0 Å². The van der Waals surface area contributed by atoms with Crippen molar-refractivity contribution in [2.45, 2.75) is 39.0 Å². The van der Waals surface area contributed by atoms with E-state index >= 15 is 0 Å². The minimum atomic E-state index is -0.504. The molecule has 0 fully saturated rings. The van der Waals surface area contributed by atoms with Crippen molar-refractivity contribution in [3.8, 4) is 17.2 Å². The van der Waals surface area contributed by atoms with E-state index < -0.39 is 11.7 Å². The van der Waals surface area contributed by atoms with Gasteiger partial charge in [-0.1, -0.05) is 19.9 Å². The van der Waals surface area contributed by atoms with Crippen LogP contribution in [0.1, 0.15) is 44.6 Å². The van der Waals surface area contributed by atoms with Crippen LogP contribution in [0.3, 0.4) is 0 Å². The monoisotopic (exact) mass is 453 g/mol. The molecule has 4 rings (SSSR count). The number of hydrogen-bond acceptors (Lipinski definition) is 5. The smallest absolute Gasteiger partial charge is 0.232 e. The Labute approximate surface area is 192 Å². The number of nitrogens with zero attached hydrogens (tertiary/aromatic N) is 1. The van der Waals surface area contributed by atoms with Crippen molar-refractivity contribution in [3.63, 3.8) is 0 Å². The van der Waals surface area contributed by atoms with Crippen LogP contribution in [0.15, 0.2) is 47.7 Å². The molecule has 0 unspecified atom stereocenters. The average Bonchev–Trinajstić information content (AvgIpc) is 2.76. The van der Waals surface area contributed by atoms with Crippen LogP contribution in [0.25, 0.3) is 0 Å². The van der Waals surface area contributed by atoms with Crippen LogP contribution < -0.4 is 19.1 Å². The highest BCUT2D eigenvalue weighted by Gasteiger charge is 2.45. The Kier molecular flexibility index (Phi) is 5.91. The molecule has 0 saturated heterocycles. The molecule has 0 aromatic heterocycles. The Bertz CT molecular complexity index is 1150. The quantitative estimate of drug-likeness (QED) is 0.636. The first-order valence-corrected chi connectivity index (χ1v) is 10.8. The Morgan fingerprint density at radius 1 is 0.939 bits per heavy atom. The summed E-state index contributed by atoms with van der Waals surface area (Å²) in [4.78, 5) is 28.5. The molecule has 2 aromatic carbocycles. The standard InChI is InChI=1S/C26H28FNO5/c1-26(2)13-19-25(20(29)14-26)18(11-24(30)28(19)16-8-6-7-15(27)9-16)17-10-22(32-4)23(33-5)12-21(17)31-3/h6-10,12,18H,11,13-14H2,1-5H3/t18-/m1/s1. The molecule has 2 aromatic rings. The van der Waals surface area contributed by atoms with Gasteiger partial charge in [-0.15, -0.1) is 0 Å². The molecule has 0 saturated carbocycles. The van der Waals surface area contributed by atoms with Gasteiger partial charge in [0.2, 0.25) is 5.91 Å². The molecule has 7 heteroatoms. The summed E-state index contributed by atoms with van der Waals surface area (Å²) < 4.78 is 30.5. The molecule has 33 heavy (non-hydrogen) atoms. The molecular weight excluding hydrogens is 425 g/mol. The summed E-state index contributed by atoms with van der Waals surface area (Å²) in [5.41, 5.74) is 1.98. The van der Waals surface area contributed by atoms with Gasteiger partial charge in [-0.25, -0.2) is 4.39 Å². The lowest BCUT2D eigenvalue weighted by atomic mass is 9.69. The van der Waals surface area contributed by atoms with Gasteiger partial charge in [-0.2, -0.15) is 0 Å². The largest absolute Gasteiger partial charge is 0.496 e. The molecule has 0 N–H and O–H groups in total. The summed E-state index contributed by atoms with van der Waals surface area (Å²) in [6, 6.07) is 9.39. The maximum absolute atomic E-state index is 14.0. The van der Waals surface area contributed by atoms with E-state index in [0.29, 0.717) is 52.6 Å². The number of Topliss-reactive ketones (excluding diaryl/α,β-unsaturated/α-hetero) is 1. The highest BCUT2D eigenvalue weighted by Crippen LogP contribution is 2.51. The maximum Gasteiger partial charge on any atom is 0.232 e. The molecule has 0 bridgehead atoms. The molecule has 1 amide bonds. The van der Waals surface area contributed by atoms with Crippen LogP contribution in [0.5, 0.6) is 17.2 Å². The van der Waals surface area contributed by atoms with Crippen molar-refractivity contribution in [3.05, 3.63) is 59.0 Å². The van der Waals surface area contributed by atoms with Crippen molar-refractivity contribution in [2.24, 2.45) is 5.41 Å². The van der Waals surface area contributed by atoms with Crippen molar-refractivity contribution in [2.75, 3.05) is 26.2 Å². The zero-order valence-corrected chi connectivity index (χ0v) is 19.5. The fraction of sp³-hybridized carbons (Fsp3) is 0.385. The number of allylic oxidation sites excluding steroid dienone is 2. The van der Waals surface area contributed by atoms with E-state index in [-0.39, 0.29) is 23.5 Å². The van der Waals surface area contributed by atoms with E-state index in [4.69, 9.17) is 14.2 Å². The Balaban J connectivity index is 1.94. The zero-order valence-electron chi connectivity index (χ0n) is 19.5. The minimum Gasteiger partial charge on any atom is -0.496 e. The number of hydrogen-bond donors (Lipinski definition) is 0. The van der Waals surface area contributed by atoms with Crippen molar-refractivity contribution < 1.29 is 28.2 Å². The molecule has 0 spiro atoms. The summed E-state index contributed by atoms with van der Waals surface area (Å²) >= 11 is 0. The lowest BCUT2D eigenvalue weighted by molar-refractivity contribution is -0.121. The van der Waals surface area contributed by atoms with Gasteiger partial charge >= 0.3 is 0 Å². The summed E-state index contributed by atoms with van der Waals surface area (Å²) in [6.07, 6.45) is 0.929. The number of anilines is 1. The molecule has 174 valence electrons. The summed E-state index contributed by atoms with van der Waals surface area (Å²) in [6.45, 7) is 4.01. The predicted octanol–water partition coefficient (Wildman–Crippen LogP) is 5.02. The molecular formula is C26H28FNO5. The van der Waals surface area contributed by atoms with E-state index in [1.807, 2.05) is 13.8 Å². The van der Waals surface area contributed by atoms with Gasteiger partial charge in [0.1, 0.15) is 11.6 Å². The van der Waals surface area contributed by atoms with Crippen LogP contribution in [-0.4, -0.2) is 33.0 Å². The van der Waals surface area contributed by atoms with Crippen molar-refractivity contribution in [1.82, 2.24) is 0 Å². The van der Waals surface area contributed by atoms with Crippen LogP contribution in [-0.2, 0) is 9.59 Å². The third-order valence-electron chi connectivity index (χ3n) is 6.32. The van der Waals surface area contributed by atoms with Crippen molar-refractivity contribution >= 4 is 17.4 Å². The minimum absolute atomic E-state index is 0.0167. The van der Waals surface area contributed by atoms with Gasteiger partial charge in [-0.3, -0.25) is 14.5 Å². The number of benzene rings is 2. The van der Waals surface area contributed by atoms with Gasteiger partial charge in [0.05, 0.1) is 27.0 Å². The number of amides is 1. The van der Waals surface area contributed by atoms with Crippen LogP contribution in [0.4, 0.5) is 10.1 Å². The summed E-state index contributed by atoms with van der Waals surface area (Å²) in [5.74, 6) is 0.326. The van der Waals surface area contributed by atoms with Gasteiger partial charge in [-0.05, 0) is 36.1 Å². The Morgan fingerprint density at radius 2 is 1.61 bits per heavy atom. The molecule has 2 aliphatic rings. The fourth-order valence-electron chi connectivity index (χ4n) is 4.92. The number of carbonyl (C=O) groups excluding carboxylic acids is 2. The molecule has 0 radical (unpaired) electrons. The van der Waals surface area contributed by atoms with Gasteiger partial charge < -0.3 is 14.2 Å². The molecule has 1 aliphatic carbocycles. The first-order chi connectivity index (χ1) is 15.7. The number of methoxy groups -OCH3 is 3. The summed E-state index contributed by atoms with van der Waals surface area (Å²) in [5, 5.41) is 0. The first kappa shape index (κ1) is 22.8. The number of ether oxygens (including phenoxy) is 3. The second kappa shape index (κ2) is 8.54. The third kappa shape index (κ3) is 4.08. The molecule has 6 nitrogen and oxygen atoms in total. The molecule has 1 aliphatic heterocycles. The van der Waals surface area contributed by atoms with Crippen molar-refractivity contribution in [1.29, 1.82) is 0 Å². The fourth-order valence-corrected chi connectivity index (χ4v) is 4.92. The predicted molar refractivity (Wildman–Crippen MR) is 122 cm³/mol. The van der Waals surface area contributed by atoms with E-state index in [2.05, 4.69) is 0 Å². The lowest BCUT2D eigenvalue weighted by Gasteiger charge is -2.43. The Morgan fingerprint density at radius 3 is 2.24 bits per heavy atom. The van der Waals surface area contributed by atoms with Gasteiger partial charge in [0, 0.05) is 41.7 Å². The van der Waals surface area contributed by atoms with E-state index in [0.717, 1.165) is 0 Å². The van der Waals surface area contributed by atoms with Crippen LogP contribution in [0.2, 0.25) is 0 Å². The van der Waals surface area contributed by atoms with Crippen LogP contribution >= 0.6 is 0 Å². The lowest BCUT2D eigenvalue weighted by Crippen LogP contribution is -2.43. The highest BCUT2D eigenvalue weighted by molar-refractivity contribution is 6.08. The number of halogens is 1. The molecule has 1 heterocycles. The topological polar surface area (TPSA) is 65.1 Å². The van der Waals surface area contributed by atoms with E-state index in [1.54, 1.807) is 24.3 Å². The van der Waals surface area contributed by atoms with Gasteiger partial charge in [0.15, 0.2) is 17.3 Å². The number of ketones is 1. The number of rotatable bonds is 5. The average molecular weight is 454 g/mol. The second-order valence-corrected chi connectivity index (χ2v) is 9.22. The summed E-state index contributed by atoms with van der Waals surface area (Å²) in [7, 11) is 4.60. The maximum atomic E-state index is 14.0. The SMILES string of the molecule is COc1cc(OC)c([C@H]2CC(=O)N(c3cccc(F)c3)C3=C2C(=O)CC(C)(C)C3)cc1OC. The van der Waals surface area contributed by atoms with E-state index in [9.17, 15) is 14.0 Å². The Hall–Kier alpha value is -3.35. The first-order valence-electron chi connectivity index (χ1n) is 10.8. The third-order valence-corrected chi connectivity index (χ3v) is 6.32. The highest BCUT2D eigenvalue weighted by atomic mass is 19.1. The normalized spacial score (nSPS) is 19.9. The molecule has 1 atom stereocenters. The van der Waals surface area contributed by atoms with E-state index in [1.165, 1.54) is 38.4 Å². The van der Waals surface area contributed by atoms with Crippen LogP contribution in [0, 0.1) is 11.2 Å².